The predicted octanol–water partition coefficient (Wildman–Crippen LogP) is 6.04. The summed E-state index contributed by atoms with van der Waals surface area (Å²) in [7, 11) is 2.27. The Morgan fingerprint density at radius 2 is 1.79 bits per heavy atom. The lowest BCUT2D eigenvalue weighted by molar-refractivity contribution is 0.122. The minimum Gasteiger partial charge on any atom is -0.360 e. The second-order valence-corrected chi connectivity index (χ2v) is 8.80. The summed E-state index contributed by atoms with van der Waals surface area (Å²) in [4.78, 5) is 2.57. The van der Waals surface area contributed by atoms with Gasteiger partial charge in [-0.1, -0.05) is 58.7 Å². The number of hydrogen-bond donors (Lipinski definition) is 0. The van der Waals surface area contributed by atoms with E-state index >= 15 is 0 Å². The van der Waals surface area contributed by atoms with Crippen molar-refractivity contribution in [1.29, 1.82) is 0 Å². The number of hydrogen-bond acceptors (Lipinski definition) is 3. The van der Waals surface area contributed by atoms with E-state index in [4.69, 9.17) is 16.1 Å². The maximum absolute atomic E-state index is 6.03. The summed E-state index contributed by atoms with van der Waals surface area (Å²) < 4.78 is 5.95. The van der Waals surface area contributed by atoms with Crippen LogP contribution in [0.4, 0.5) is 0 Å². The minimum absolute atomic E-state index is 0.333. The van der Waals surface area contributed by atoms with Gasteiger partial charge < -0.3 is 4.52 Å². The molecule has 0 saturated carbocycles. The Hall–Kier alpha value is -2.10. The minimum atomic E-state index is 0.333. The number of likely N-dealkylation sites (N-methyl/N-ethyl adjacent to an activating group) is 1. The van der Waals surface area contributed by atoms with Gasteiger partial charge in [0.2, 0.25) is 0 Å². The Kier molecular flexibility index (Phi) is 4.53. The number of benzene rings is 2. The third-order valence-electron chi connectivity index (χ3n) is 6.77. The van der Waals surface area contributed by atoms with Gasteiger partial charge in [-0.2, -0.15) is 0 Å². The zero-order chi connectivity index (χ0) is 19.3. The maximum atomic E-state index is 6.03. The molecule has 2 aromatic carbocycles. The van der Waals surface area contributed by atoms with Crippen LogP contribution in [0, 0.1) is 6.92 Å². The molecule has 2 fully saturated rings. The van der Waals surface area contributed by atoms with Gasteiger partial charge in [-0.05, 0) is 56.8 Å². The lowest BCUT2D eigenvalue weighted by Gasteiger charge is -2.42. The summed E-state index contributed by atoms with van der Waals surface area (Å²) in [5.74, 6) is 1.81. The highest BCUT2D eigenvalue weighted by Crippen LogP contribution is 2.51. The molecule has 144 valence electrons. The highest BCUT2D eigenvalue weighted by molar-refractivity contribution is 6.30. The molecule has 3 aromatic rings. The fraction of sp³-hybridized carbons (Fsp3) is 0.375. The van der Waals surface area contributed by atoms with Crippen molar-refractivity contribution in [3.8, 4) is 11.3 Å². The van der Waals surface area contributed by atoms with Gasteiger partial charge in [0.25, 0.3) is 0 Å². The molecule has 4 atom stereocenters. The molecule has 0 spiro atoms. The van der Waals surface area contributed by atoms with Crippen LogP contribution in [0.5, 0.6) is 0 Å². The maximum Gasteiger partial charge on any atom is 0.142 e. The van der Waals surface area contributed by atoms with Crippen molar-refractivity contribution >= 4 is 11.6 Å². The zero-order valence-electron chi connectivity index (χ0n) is 16.3. The Bertz CT molecular complexity index is 963. The Balaban J connectivity index is 1.53. The van der Waals surface area contributed by atoms with Crippen molar-refractivity contribution < 1.29 is 4.52 Å². The Labute approximate surface area is 171 Å². The van der Waals surface area contributed by atoms with Crippen LogP contribution in [0.2, 0.25) is 5.02 Å². The molecule has 2 aliphatic rings. The second kappa shape index (κ2) is 7.06. The van der Waals surface area contributed by atoms with E-state index in [1.165, 1.54) is 30.4 Å². The lowest BCUT2D eigenvalue weighted by atomic mass is 9.74. The van der Waals surface area contributed by atoms with E-state index in [9.17, 15) is 0 Å². The fourth-order valence-corrected chi connectivity index (χ4v) is 5.34. The highest BCUT2D eigenvalue weighted by Gasteiger charge is 2.48. The summed E-state index contributed by atoms with van der Waals surface area (Å²) in [6, 6.07) is 20.2. The third-order valence-corrected chi connectivity index (χ3v) is 7.02. The van der Waals surface area contributed by atoms with Gasteiger partial charge in [-0.15, -0.1) is 0 Å². The van der Waals surface area contributed by atoms with E-state index < -0.39 is 0 Å². The van der Waals surface area contributed by atoms with Crippen molar-refractivity contribution in [3.05, 3.63) is 76.5 Å². The first kappa shape index (κ1) is 18.0. The molecule has 0 amide bonds. The normalized spacial score (nSPS) is 27.2. The number of halogens is 1. The van der Waals surface area contributed by atoms with Crippen molar-refractivity contribution in [2.24, 2.45) is 0 Å². The summed E-state index contributed by atoms with van der Waals surface area (Å²) in [5, 5.41) is 5.14. The number of aromatic nitrogens is 1. The zero-order valence-corrected chi connectivity index (χ0v) is 17.1. The molecule has 3 nitrogen and oxygen atoms in total. The van der Waals surface area contributed by atoms with E-state index in [1.54, 1.807) is 0 Å². The van der Waals surface area contributed by atoms with Crippen LogP contribution in [0.1, 0.15) is 48.0 Å². The first-order chi connectivity index (χ1) is 13.6. The molecule has 3 heterocycles. The van der Waals surface area contributed by atoms with Crippen LogP contribution < -0.4 is 0 Å². The van der Waals surface area contributed by atoms with Gasteiger partial charge in [-0.25, -0.2) is 0 Å². The van der Waals surface area contributed by atoms with Gasteiger partial charge in [0.1, 0.15) is 11.5 Å². The second-order valence-electron chi connectivity index (χ2n) is 8.36. The molecule has 2 bridgehead atoms. The van der Waals surface area contributed by atoms with Crippen LogP contribution >= 0.6 is 11.6 Å². The van der Waals surface area contributed by atoms with E-state index in [-0.39, 0.29) is 0 Å². The van der Waals surface area contributed by atoms with Gasteiger partial charge in [0.15, 0.2) is 0 Å². The topological polar surface area (TPSA) is 29.3 Å². The van der Waals surface area contributed by atoms with E-state index in [0.717, 1.165) is 22.0 Å². The number of aryl methyl sites for hydroxylation is 1. The molecule has 1 aromatic heterocycles. The summed E-state index contributed by atoms with van der Waals surface area (Å²) in [6.07, 6.45) is 3.68. The van der Waals surface area contributed by atoms with Crippen LogP contribution in [-0.2, 0) is 0 Å². The van der Waals surface area contributed by atoms with Crippen LogP contribution in [-0.4, -0.2) is 29.2 Å². The molecule has 2 unspecified atom stereocenters. The largest absolute Gasteiger partial charge is 0.360 e. The molecular weight excluding hydrogens is 368 g/mol. The van der Waals surface area contributed by atoms with Crippen LogP contribution in [0.3, 0.4) is 0 Å². The number of piperidine rings is 1. The molecule has 28 heavy (non-hydrogen) atoms. The SMILES string of the molecule is Cc1ccc(C2C[C@H]3CCC([C@H]2c2cc(-c4ccc(Cl)cc4)no2)N3C)cc1. The van der Waals surface area contributed by atoms with Gasteiger partial charge >= 0.3 is 0 Å². The van der Waals surface area contributed by atoms with E-state index in [2.05, 4.69) is 54.4 Å². The number of fused-ring (bicyclic) bond motifs is 2. The van der Waals surface area contributed by atoms with Crippen LogP contribution in [0.15, 0.2) is 59.1 Å². The molecule has 0 radical (unpaired) electrons. The first-order valence-corrected chi connectivity index (χ1v) is 10.5. The molecule has 0 aliphatic carbocycles. The van der Waals surface area contributed by atoms with Crippen molar-refractivity contribution in [2.75, 3.05) is 7.05 Å². The van der Waals surface area contributed by atoms with E-state index in [0.29, 0.717) is 23.9 Å². The summed E-state index contributed by atoms with van der Waals surface area (Å²) in [6.45, 7) is 2.15. The fourth-order valence-electron chi connectivity index (χ4n) is 5.21. The summed E-state index contributed by atoms with van der Waals surface area (Å²) >= 11 is 6.03. The van der Waals surface area contributed by atoms with Crippen molar-refractivity contribution in [1.82, 2.24) is 10.1 Å². The molecule has 4 heteroatoms. The quantitative estimate of drug-likeness (QED) is 0.544. The standard InChI is InChI=1S/C24H25ClN2O/c1-15-3-5-16(6-4-15)20-13-19-11-12-22(27(19)2)24(20)23-14-21(26-28-23)17-7-9-18(25)10-8-17/h3-10,14,19-20,22,24H,11-13H2,1-2H3/t19-,20?,22?,24+/m1/s1. The average Bonchev–Trinajstić information content (AvgIpc) is 3.26. The molecule has 2 aliphatic heterocycles. The predicted molar refractivity (Wildman–Crippen MR) is 113 cm³/mol. The van der Waals surface area contributed by atoms with Crippen molar-refractivity contribution in [3.63, 3.8) is 0 Å². The van der Waals surface area contributed by atoms with Crippen molar-refractivity contribution in [2.45, 2.75) is 50.1 Å². The highest BCUT2D eigenvalue weighted by atomic mass is 35.5. The number of rotatable bonds is 3. The third kappa shape index (κ3) is 3.07. The van der Waals surface area contributed by atoms with E-state index in [1.807, 2.05) is 24.3 Å². The smallest absolute Gasteiger partial charge is 0.142 e. The Morgan fingerprint density at radius 3 is 2.54 bits per heavy atom. The van der Waals surface area contributed by atoms with Crippen LogP contribution in [0.25, 0.3) is 11.3 Å². The molecule has 0 N–H and O–H groups in total. The molecular formula is C24H25ClN2O. The number of nitrogens with zero attached hydrogens (tertiary/aromatic N) is 2. The molecule has 2 saturated heterocycles. The lowest BCUT2D eigenvalue weighted by Crippen LogP contribution is -2.44. The van der Waals surface area contributed by atoms with Gasteiger partial charge in [-0.3, -0.25) is 4.90 Å². The monoisotopic (exact) mass is 392 g/mol. The Morgan fingerprint density at radius 1 is 1.04 bits per heavy atom. The van der Waals surface area contributed by atoms with Gasteiger partial charge in [0, 0.05) is 34.7 Å². The van der Waals surface area contributed by atoms with Gasteiger partial charge in [0.05, 0.1) is 0 Å². The first-order valence-electron chi connectivity index (χ1n) is 10.1. The average molecular weight is 393 g/mol. The summed E-state index contributed by atoms with van der Waals surface area (Å²) in [5.41, 5.74) is 4.66. The molecule has 5 rings (SSSR count).